The largest absolute Gasteiger partial charge is 0.492 e. The van der Waals surface area contributed by atoms with Crippen molar-refractivity contribution in [2.24, 2.45) is 16.0 Å². The molecular formula is C24H29N5O5S. The highest BCUT2D eigenvalue weighted by Gasteiger charge is 2.27. The number of hydrogen-bond acceptors (Lipinski definition) is 8. The summed E-state index contributed by atoms with van der Waals surface area (Å²) < 4.78 is 38.9. The van der Waals surface area contributed by atoms with Gasteiger partial charge in [-0.1, -0.05) is 12.1 Å². The van der Waals surface area contributed by atoms with Gasteiger partial charge in [-0.05, 0) is 36.6 Å². The number of pyridine rings is 1. The minimum atomic E-state index is -3.59. The lowest BCUT2D eigenvalue weighted by molar-refractivity contribution is 0.0302. The Labute approximate surface area is 204 Å². The zero-order chi connectivity index (χ0) is 24.4. The fourth-order valence-electron chi connectivity index (χ4n) is 4.80. The van der Waals surface area contributed by atoms with Crippen LogP contribution in [0.5, 0.6) is 5.75 Å². The summed E-state index contributed by atoms with van der Waals surface area (Å²) in [7, 11) is -3.59. The second-order valence-electron chi connectivity index (χ2n) is 9.07. The van der Waals surface area contributed by atoms with Gasteiger partial charge in [0, 0.05) is 38.3 Å². The standard InChI is InChI=1S/C24H29N5O5S/c25-23-22-19(16-35(31,32)27-23)4-1-5-20(22)34-15-17-3-2-8-29(14-17)21-7-6-18(13-26-21)24(30)28-9-11-33-12-10-28/h1,4-7,13,17H,2-3,8-12,14-16H2,(H2,25,27)/t17-/m0/s1. The van der Waals surface area contributed by atoms with Crippen molar-refractivity contribution in [3.8, 4) is 5.75 Å². The van der Waals surface area contributed by atoms with Crippen LogP contribution in [0.1, 0.15) is 34.3 Å². The van der Waals surface area contributed by atoms with Gasteiger partial charge in [0.15, 0.2) is 0 Å². The normalized spacial score (nSPS) is 21.7. The zero-order valence-corrected chi connectivity index (χ0v) is 20.2. The van der Waals surface area contributed by atoms with E-state index in [2.05, 4.69) is 14.3 Å². The van der Waals surface area contributed by atoms with E-state index in [1.165, 1.54) is 0 Å². The van der Waals surface area contributed by atoms with E-state index in [0.29, 0.717) is 55.4 Å². The van der Waals surface area contributed by atoms with E-state index in [1.807, 2.05) is 12.1 Å². The van der Waals surface area contributed by atoms with Crippen molar-refractivity contribution in [1.29, 1.82) is 0 Å². The van der Waals surface area contributed by atoms with Gasteiger partial charge >= 0.3 is 0 Å². The monoisotopic (exact) mass is 499 g/mol. The van der Waals surface area contributed by atoms with Gasteiger partial charge in [0.05, 0.1) is 36.7 Å². The summed E-state index contributed by atoms with van der Waals surface area (Å²) in [6, 6.07) is 9.06. The second-order valence-corrected chi connectivity index (χ2v) is 10.7. The molecule has 10 nitrogen and oxygen atoms in total. The number of morpholine rings is 1. The average molecular weight is 500 g/mol. The van der Waals surface area contributed by atoms with Gasteiger partial charge in [-0.2, -0.15) is 0 Å². The van der Waals surface area contributed by atoms with Crippen LogP contribution in [-0.4, -0.2) is 76.0 Å². The van der Waals surface area contributed by atoms with Crippen LogP contribution in [0.4, 0.5) is 5.82 Å². The van der Waals surface area contributed by atoms with Crippen molar-refractivity contribution in [1.82, 2.24) is 9.88 Å². The molecule has 0 aliphatic carbocycles. The molecule has 3 aliphatic heterocycles. The predicted molar refractivity (Wildman–Crippen MR) is 131 cm³/mol. The second kappa shape index (κ2) is 9.82. The van der Waals surface area contributed by atoms with Gasteiger partial charge < -0.3 is 25.0 Å². The van der Waals surface area contributed by atoms with Crippen LogP contribution in [-0.2, 0) is 20.5 Å². The molecule has 2 saturated heterocycles. The Bertz CT molecular complexity index is 1230. The number of carbonyl (C=O) groups excluding carboxylic acids is 1. The number of nitrogens with two attached hydrogens (primary N) is 1. The number of benzene rings is 1. The van der Waals surface area contributed by atoms with E-state index in [1.54, 1.807) is 29.3 Å². The third kappa shape index (κ3) is 5.25. The molecule has 3 aliphatic rings. The van der Waals surface area contributed by atoms with Crippen LogP contribution in [0, 0.1) is 5.92 Å². The number of anilines is 1. The number of aromatic nitrogens is 1. The van der Waals surface area contributed by atoms with E-state index in [4.69, 9.17) is 15.2 Å². The number of ether oxygens (including phenoxy) is 2. The van der Waals surface area contributed by atoms with Crippen molar-refractivity contribution < 1.29 is 22.7 Å². The van der Waals surface area contributed by atoms with Gasteiger partial charge in [-0.15, -0.1) is 4.40 Å². The lowest BCUT2D eigenvalue weighted by atomic mass is 9.98. The van der Waals surface area contributed by atoms with Crippen LogP contribution < -0.4 is 15.4 Å². The number of hydrogen-bond donors (Lipinski definition) is 1. The minimum absolute atomic E-state index is 0.0147. The quantitative estimate of drug-likeness (QED) is 0.654. The predicted octanol–water partition coefficient (Wildman–Crippen LogP) is 1.40. The van der Waals surface area contributed by atoms with E-state index in [0.717, 1.165) is 31.7 Å². The number of piperidine rings is 1. The van der Waals surface area contributed by atoms with Crippen LogP contribution in [0.25, 0.3) is 0 Å². The highest BCUT2D eigenvalue weighted by atomic mass is 32.2. The number of carbonyl (C=O) groups is 1. The highest BCUT2D eigenvalue weighted by Crippen LogP contribution is 2.29. The van der Waals surface area contributed by atoms with Gasteiger partial charge in [-0.3, -0.25) is 4.79 Å². The maximum atomic E-state index is 12.7. The molecular weight excluding hydrogens is 470 g/mol. The van der Waals surface area contributed by atoms with Crippen molar-refractivity contribution in [3.63, 3.8) is 0 Å². The van der Waals surface area contributed by atoms with Crippen molar-refractivity contribution in [2.75, 3.05) is 50.9 Å². The fraction of sp³-hybridized carbons (Fsp3) is 0.458. The first-order chi connectivity index (χ1) is 16.9. The van der Waals surface area contributed by atoms with Crippen LogP contribution in [0.2, 0.25) is 0 Å². The first kappa shape index (κ1) is 23.6. The molecule has 0 saturated carbocycles. The Morgan fingerprint density at radius 3 is 2.77 bits per heavy atom. The van der Waals surface area contributed by atoms with Crippen molar-refractivity contribution in [3.05, 3.63) is 53.2 Å². The van der Waals surface area contributed by atoms with Crippen LogP contribution in [0.3, 0.4) is 0 Å². The van der Waals surface area contributed by atoms with E-state index in [-0.39, 0.29) is 23.4 Å². The lowest BCUT2D eigenvalue weighted by Gasteiger charge is -2.34. The fourth-order valence-corrected chi connectivity index (χ4v) is 5.89. The molecule has 11 heteroatoms. The first-order valence-electron chi connectivity index (χ1n) is 11.8. The van der Waals surface area contributed by atoms with Gasteiger partial charge in [-0.25, -0.2) is 13.4 Å². The Kier molecular flexibility index (Phi) is 6.61. The molecule has 4 heterocycles. The van der Waals surface area contributed by atoms with E-state index >= 15 is 0 Å². The van der Waals surface area contributed by atoms with Gasteiger partial charge in [0.2, 0.25) is 0 Å². The number of nitrogens with zero attached hydrogens (tertiary/aromatic N) is 4. The molecule has 5 rings (SSSR count). The smallest absolute Gasteiger partial charge is 0.259 e. The SMILES string of the molecule is NC1=NS(=O)(=O)Cc2cccc(OC[C@H]3CCCN(c4ccc(C(=O)N5CCOCC5)cn4)C3)c21. The third-order valence-electron chi connectivity index (χ3n) is 6.55. The molecule has 0 spiro atoms. The zero-order valence-electron chi connectivity index (χ0n) is 19.4. The molecule has 2 N–H and O–H groups in total. The molecule has 2 fully saturated rings. The molecule has 186 valence electrons. The highest BCUT2D eigenvalue weighted by molar-refractivity contribution is 7.89. The van der Waals surface area contributed by atoms with Crippen molar-refractivity contribution in [2.45, 2.75) is 18.6 Å². The maximum Gasteiger partial charge on any atom is 0.259 e. The first-order valence-corrected chi connectivity index (χ1v) is 13.4. The molecule has 35 heavy (non-hydrogen) atoms. The number of rotatable bonds is 5. The molecule has 0 bridgehead atoms. The minimum Gasteiger partial charge on any atom is -0.492 e. The van der Waals surface area contributed by atoms with Gasteiger partial charge in [0.25, 0.3) is 15.9 Å². The Hall–Kier alpha value is -3.18. The summed E-state index contributed by atoms with van der Waals surface area (Å²) in [5, 5.41) is 0. The number of sulfonamides is 1. The summed E-state index contributed by atoms with van der Waals surface area (Å²) in [6.45, 7) is 4.48. The van der Waals surface area contributed by atoms with E-state index in [9.17, 15) is 13.2 Å². The summed E-state index contributed by atoms with van der Waals surface area (Å²) in [5.41, 5.74) is 7.71. The number of amidine groups is 1. The molecule has 0 radical (unpaired) electrons. The van der Waals surface area contributed by atoms with Crippen LogP contribution >= 0.6 is 0 Å². The van der Waals surface area contributed by atoms with Crippen LogP contribution in [0.15, 0.2) is 40.9 Å². The molecule has 0 unspecified atom stereocenters. The molecule has 1 atom stereocenters. The molecule has 1 aromatic heterocycles. The number of fused-ring (bicyclic) bond motifs is 1. The average Bonchev–Trinajstić information content (AvgIpc) is 2.87. The summed E-state index contributed by atoms with van der Waals surface area (Å²) in [6.07, 6.45) is 3.66. The third-order valence-corrected chi connectivity index (χ3v) is 7.71. The molecule has 1 amide bonds. The number of amides is 1. The van der Waals surface area contributed by atoms with Crippen molar-refractivity contribution >= 4 is 27.6 Å². The Morgan fingerprint density at radius 1 is 1.17 bits per heavy atom. The summed E-state index contributed by atoms with van der Waals surface area (Å²) in [5.74, 6) is 1.45. The van der Waals surface area contributed by atoms with Gasteiger partial charge in [0.1, 0.15) is 17.4 Å². The lowest BCUT2D eigenvalue weighted by Crippen LogP contribution is -2.41. The van der Waals surface area contributed by atoms with E-state index < -0.39 is 10.0 Å². The topological polar surface area (TPSA) is 127 Å². The Morgan fingerprint density at radius 2 is 2.00 bits per heavy atom. The summed E-state index contributed by atoms with van der Waals surface area (Å²) in [4.78, 5) is 21.2. The molecule has 2 aromatic rings. The molecule has 1 aromatic carbocycles. The maximum absolute atomic E-state index is 12.7. The summed E-state index contributed by atoms with van der Waals surface area (Å²) >= 11 is 0. The Balaban J connectivity index is 1.22.